The molecule has 2 nitrogen and oxygen atoms in total. The van der Waals surface area contributed by atoms with Crippen LogP contribution in [-0.4, -0.2) is 11.2 Å². The quantitative estimate of drug-likeness (QED) is 0.930. The molecule has 0 aliphatic heterocycles. The first-order chi connectivity index (χ1) is 10.0. The van der Waals surface area contributed by atoms with Crippen LogP contribution in [0.15, 0.2) is 42.5 Å². The van der Waals surface area contributed by atoms with E-state index < -0.39 is 5.60 Å². The first kappa shape index (κ1) is 14.1. The maximum atomic E-state index is 13.9. The molecule has 0 fully saturated rings. The minimum atomic E-state index is -1.18. The van der Waals surface area contributed by atoms with E-state index >= 15 is 0 Å². The molecule has 0 radical (unpaired) electrons. The van der Waals surface area contributed by atoms with Crippen molar-refractivity contribution in [3.63, 3.8) is 0 Å². The van der Waals surface area contributed by atoms with E-state index in [4.69, 9.17) is 4.74 Å². The molecule has 0 saturated carbocycles. The molecule has 3 heteroatoms. The van der Waals surface area contributed by atoms with E-state index in [2.05, 4.69) is 0 Å². The summed E-state index contributed by atoms with van der Waals surface area (Å²) in [6, 6.07) is 12.4. The lowest BCUT2D eigenvalue weighted by molar-refractivity contribution is 0.0774. The molecule has 0 bridgehead atoms. The van der Waals surface area contributed by atoms with Gasteiger partial charge < -0.3 is 9.84 Å². The molecule has 3 rings (SSSR count). The van der Waals surface area contributed by atoms with E-state index in [0.717, 1.165) is 0 Å². The molecule has 0 spiro atoms. The summed E-state index contributed by atoms with van der Waals surface area (Å²) in [6.45, 7) is 3.90. The van der Waals surface area contributed by atoms with E-state index in [9.17, 15) is 9.50 Å². The van der Waals surface area contributed by atoms with E-state index in [1.165, 1.54) is 6.07 Å². The Balaban J connectivity index is 2.12. The summed E-state index contributed by atoms with van der Waals surface area (Å²) in [7, 11) is 0. The summed E-state index contributed by atoms with van der Waals surface area (Å²) in [5, 5.41) is 11.2. The Morgan fingerprint density at radius 3 is 2.57 bits per heavy atom. The van der Waals surface area contributed by atoms with Crippen molar-refractivity contribution in [2.75, 3.05) is 0 Å². The van der Waals surface area contributed by atoms with Crippen LogP contribution in [0.4, 0.5) is 4.39 Å². The average molecular weight is 286 g/mol. The number of halogens is 1. The first-order valence-corrected chi connectivity index (χ1v) is 7.29. The molecule has 1 aliphatic rings. The topological polar surface area (TPSA) is 29.5 Å². The molecule has 0 amide bonds. The van der Waals surface area contributed by atoms with Crippen LogP contribution in [-0.2, 0) is 12.0 Å². The Bertz CT molecular complexity index is 666. The number of hydrogen-bond acceptors (Lipinski definition) is 2. The molecule has 0 saturated heterocycles. The Kier molecular flexibility index (Phi) is 3.46. The molecule has 1 atom stereocenters. The second kappa shape index (κ2) is 5.15. The maximum Gasteiger partial charge on any atom is 0.126 e. The maximum absolute atomic E-state index is 13.9. The van der Waals surface area contributed by atoms with E-state index in [1.807, 2.05) is 38.1 Å². The molecule has 110 valence electrons. The van der Waals surface area contributed by atoms with E-state index in [1.54, 1.807) is 12.1 Å². The lowest BCUT2D eigenvalue weighted by atomic mass is 9.87. The van der Waals surface area contributed by atoms with E-state index in [-0.39, 0.29) is 11.9 Å². The third-order valence-electron chi connectivity index (χ3n) is 4.00. The fourth-order valence-electron chi connectivity index (χ4n) is 3.09. The van der Waals surface area contributed by atoms with Crippen molar-refractivity contribution in [3.8, 4) is 5.75 Å². The number of para-hydroxylation sites is 1. The van der Waals surface area contributed by atoms with Crippen molar-refractivity contribution in [3.05, 3.63) is 65.0 Å². The summed E-state index contributed by atoms with van der Waals surface area (Å²) in [6.07, 6.45) is 1.03. The lowest BCUT2D eigenvalue weighted by Crippen LogP contribution is -2.25. The number of benzene rings is 2. The average Bonchev–Trinajstić information content (AvgIpc) is 2.79. The molecule has 0 heterocycles. The molecule has 2 aromatic rings. The van der Waals surface area contributed by atoms with Crippen LogP contribution in [0.5, 0.6) is 5.75 Å². The number of aliphatic hydroxyl groups is 1. The van der Waals surface area contributed by atoms with Gasteiger partial charge in [0.15, 0.2) is 0 Å². The molecule has 1 aliphatic carbocycles. The number of fused-ring (bicyclic) bond motifs is 1. The van der Waals surface area contributed by atoms with Crippen LogP contribution < -0.4 is 4.74 Å². The van der Waals surface area contributed by atoms with Crippen molar-refractivity contribution in [2.45, 2.75) is 38.4 Å². The summed E-state index contributed by atoms with van der Waals surface area (Å²) < 4.78 is 19.7. The summed E-state index contributed by atoms with van der Waals surface area (Å²) >= 11 is 0. The Hall–Kier alpha value is -1.87. The van der Waals surface area contributed by atoms with Crippen LogP contribution in [0, 0.1) is 5.82 Å². The third-order valence-corrected chi connectivity index (χ3v) is 4.00. The first-order valence-electron chi connectivity index (χ1n) is 7.29. The van der Waals surface area contributed by atoms with Crippen molar-refractivity contribution in [2.24, 2.45) is 0 Å². The van der Waals surface area contributed by atoms with Gasteiger partial charge >= 0.3 is 0 Å². The normalized spacial score (nSPS) is 20.6. The Labute approximate surface area is 124 Å². The second-order valence-electron chi connectivity index (χ2n) is 5.79. The van der Waals surface area contributed by atoms with Crippen molar-refractivity contribution >= 4 is 0 Å². The monoisotopic (exact) mass is 286 g/mol. The van der Waals surface area contributed by atoms with Gasteiger partial charge in [-0.3, -0.25) is 0 Å². The standard InChI is InChI=1S/C18H19FO2/c1-12(2)21-17-9-4-3-6-15(17)18(20)11-10-13-14(18)7-5-8-16(13)19/h3-9,12,20H,10-11H2,1-2H3. The smallest absolute Gasteiger partial charge is 0.126 e. The van der Waals surface area contributed by atoms with Gasteiger partial charge in [0.1, 0.15) is 17.2 Å². The molecule has 1 unspecified atom stereocenters. The van der Waals surface area contributed by atoms with Gasteiger partial charge in [-0.05, 0) is 49.9 Å². The highest BCUT2D eigenvalue weighted by molar-refractivity contribution is 5.50. The van der Waals surface area contributed by atoms with Gasteiger partial charge in [0.2, 0.25) is 0 Å². The third kappa shape index (κ3) is 2.32. The van der Waals surface area contributed by atoms with E-state index in [0.29, 0.717) is 35.3 Å². The highest BCUT2D eigenvalue weighted by Gasteiger charge is 2.41. The lowest BCUT2D eigenvalue weighted by Gasteiger charge is -2.27. The summed E-state index contributed by atoms with van der Waals surface area (Å²) in [4.78, 5) is 0. The van der Waals surface area contributed by atoms with Crippen LogP contribution in [0.1, 0.15) is 37.0 Å². The zero-order valence-corrected chi connectivity index (χ0v) is 12.3. The molecule has 0 aromatic heterocycles. The molecule has 21 heavy (non-hydrogen) atoms. The van der Waals surface area contributed by atoms with Crippen LogP contribution in [0.3, 0.4) is 0 Å². The Morgan fingerprint density at radius 2 is 1.81 bits per heavy atom. The zero-order chi connectivity index (χ0) is 15.0. The van der Waals surface area contributed by atoms with Crippen molar-refractivity contribution in [1.29, 1.82) is 0 Å². The highest BCUT2D eigenvalue weighted by Crippen LogP contribution is 2.45. The van der Waals surface area contributed by atoms with Crippen LogP contribution in [0.25, 0.3) is 0 Å². The second-order valence-corrected chi connectivity index (χ2v) is 5.79. The van der Waals surface area contributed by atoms with Crippen molar-refractivity contribution < 1.29 is 14.2 Å². The minimum Gasteiger partial charge on any atom is -0.491 e. The highest BCUT2D eigenvalue weighted by atomic mass is 19.1. The van der Waals surface area contributed by atoms with Gasteiger partial charge in [0.05, 0.1) is 6.10 Å². The molecular formula is C18H19FO2. The van der Waals surface area contributed by atoms with Crippen molar-refractivity contribution in [1.82, 2.24) is 0 Å². The molecule has 1 N–H and O–H groups in total. The predicted octanol–water partition coefficient (Wildman–Crippen LogP) is 3.80. The van der Waals surface area contributed by atoms with Gasteiger partial charge in [-0.2, -0.15) is 0 Å². The largest absolute Gasteiger partial charge is 0.491 e. The number of ether oxygens (including phenoxy) is 1. The number of rotatable bonds is 3. The fraction of sp³-hybridized carbons (Fsp3) is 0.333. The molecule has 2 aromatic carbocycles. The van der Waals surface area contributed by atoms with Crippen LogP contribution >= 0.6 is 0 Å². The van der Waals surface area contributed by atoms with Gasteiger partial charge in [-0.25, -0.2) is 4.39 Å². The fourth-order valence-corrected chi connectivity index (χ4v) is 3.09. The van der Waals surface area contributed by atoms with Gasteiger partial charge in [0, 0.05) is 5.56 Å². The van der Waals surface area contributed by atoms with Gasteiger partial charge in [0.25, 0.3) is 0 Å². The van der Waals surface area contributed by atoms with Gasteiger partial charge in [-0.1, -0.05) is 30.3 Å². The van der Waals surface area contributed by atoms with Gasteiger partial charge in [-0.15, -0.1) is 0 Å². The summed E-state index contributed by atoms with van der Waals surface area (Å²) in [5.41, 5.74) is 0.799. The summed E-state index contributed by atoms with van der Waals surface area (Å²) in [5.74, 6) is 0.415. The van der Waals surface area contributed by atoms with Crippen LogP contribution in [0.2, 0.25) is 0 Å². The predicted molar refractivity (Wildman–Crippen MR) is 79.9 cm³/mol. The molecular weight excluding hydrogens is 267 g/mol. The zero-order valence-electron chi connectivity index (χ0n) is 12.3. The number of hydrogen-bond donors (Lipinski definition) is 1. The Morgan fingerprint density at radius 1 is 1.10 bits per heavy atom. The SMILES string of the molecule is CC(C)Oc1ccccc1C1(O)CCc2c(F)cccc21. The minimum absolute atomic E-state index is 0.0168.